The van der Waals surface area contributed by atoms with Gasteiger partial charge in [0, 0.05) is 9.90 Å². The lowest BCUT2D eigenvalue weighted by atomic mass is 19.0. The molecule has 0 aliphatic heterocycles. The normalized spacial score (nSPS) is 0. The van der Waals surface area contributed by atoms with E-state index in [4.69, 9.17) is 0 Å². The Morgan fingerprint density at radius 2 is 0.400 bits per heavy atom. The molecule has 0 heterocycles. The SMILES string of the molecule is F.F.F.F.[P]. The van der Waals surface area contributed by atoms with Gasteiger partial charge in [0.2, 0.25) is 0 Å². The molecule has 0 saturated carbocycles. The topological polar surface area (TPSA) is 0 Å². The predicted octanol–water partition coefficient (Wildman–Crippen LogP) is 1.47. The fraction of sp³-hybridized carbons (Fsp3) is 0. The van der Waals surface area contributed by atoms with Crippen LogP contribution in [0.3, 0.4) is 0 Å². The van der Waals surface area contributed by atoms with Gasteiger partial charge < -0.3 is 0 Å². The van der Waals surface area contributed by atoms with Crippen LogP contribution in [0.15, 0.2) is 0 Å². The van der Waals surface area contributed by atoms with Crippen LogP contribution in [0.1, 0.15) is 0 Å². The molecule has 0 unspecified atom stereocenters. The van der Waals surface area contributed by atoms with E-state index in [0.29, 0.717) is 0 Å². The summed E-state index contributed by atoms with van der Waals surface area (Å²) in [5, 5.41) is 0. The molecule has 0 amide bonds. The van der Waals surface area contributed by atoms with Crippen LogP contribution < -0.4 is 0 Å². The lowest BCUT2D eigenvalue weighted by molar-refractivity contribution is 1.11. The van der Waals surface area contributed by atoms with Gasteiger partial charge in [-0.25, -0.2) is 0 Å². The molecule has 0 atom stereocenters. The van der Waals surface area contributed by atoms with Crippen molar-refractivity contribution in [3.05, 3.63) is 0 Å². The second-order valence-electron chi connectivity index (χ2n) is 0. The van der Waals surface area contributed by atoms with Crippen molar-refractivity contribution in [2.45, 2.75) is 0 Å². The first-order valence-corrected chi connectivity index (χ1v) is 0. The van der Waals surface area contributed by atoms with Gasteiger partial charge in [0.25, 0.3) is 0 Å². The lowest BCUT2D eigenvalue weighted by Gasteiger charge is -0.270. The third kappa shape index (κ3) is 853. The van der Waals surface area contributed by atoms with Crippen molar-refractivity contribution in [2.75, 3.05) is 0 Å². The third-order valence-electron chi connectivity index (χ3n) is 0. The largest absolute Gasteiger partial charge is 0.269 e. The van der Waals surface area contributed by atoms with Crippen molar-refractivity contribution in [2.24, 2.45) is 0 Å². The molecule has 0 aromatic heterocycles. The molecule has 0 aromatic rings. The average molecular weight is 111 g/mol. The molecule has 5 heavy (non-hydrogen) atoms. The molecule has 0 rings (SSSR count). The maximum atomic E-state index is 0. The smallest absolute Gasteiger partial charge is 0 e. The molecule has 5 heteroatoms. The maximum absolute atomic E-state index is 0. The monoisotopic (exact) mass is 111 g/mol. The zero-order valence-corrected chi connectivity index (χ0v) is 2.97. The van der Waals surface area contributed by atoms with Gasteiger partial charge in [0.1, 0.15) is 0 Å². The van der Waals surface area contributed by atoms with Crippen LogP contribution in [-0.2, 0) is 0 Å². The van der Waals surface area contributed by atoms with Crippen molar-refractivity contribution in [3.63, 3.8) is 0 Å². The van der Waals surface area contributed by atoms with Crippen molar-refractivity contribution >= 4 is 9.90 Å². The predicted molar refractivity (Wildman–Crippen MR) is 16.9 cm³/mol. The summed E-state index contributed by atoms with van der Waals surface area (Å²) in [7, 11) is 0. The molecule has 0 saturated heterocycles. The minimum Gasteiger partial charge on any atom is -0.269 e. The Balaban J connectivity index is 0. The van der Waals surface area contributed by atoms with Crippen molar-refractivity contribution in [3.8, 4) is 0 Å². The van der Waals surface area contributed by atoms with Gasteiger partial charge in [0.05, 0.1) is 0 Å². The number of rotatable bonds is 0. The van der Waals surface area contributed by atoms with Crippen LogP contribution in [0.2, 0.25) is 0 Å². The van der Waals surface area contributed by atoms with Crippen LogP contribution >= 0.6 is 9.90 Å². The first-order chi connectivity index (χ1) is 0. The molecule has 0 nitrogen and oxygen atoms in total. The molecule has 37 valence electrons. The lowest BCUT2D eigenvalue weighted by Crippen LogP contribution is 0.419. The molecule has 0 aliphatic carbocycles. The van der Waals surface area contributed by atoms with Crippen LogP contribution in [0.5, 0.6) is 0 Å². The summed E-state index contributed by atoms with van der Waals surface area (Å²) in [5.41, 5.74) is 0. The van der Waals surface area contributed by atoms with Gasteiger partial charge in [-0.3, -0.25) is 18.8 Å². The molecule has 0 aromatic carbocycles. The van der Waals surface area contributed by atoms with E-state index in [9.17, 15) is 0 Å². The molecule has 0 aliphatic rings. The summed E-state index contributed by atoms with van der Waals surface area (Å²) >= 11 is 0. The molecule has 0 bridgehead atoms. The van der Waals surface area contributed by atoms with Crippen molar-refractivity contribution in [1.29, 1.82) is 0 Å². The van der Waals surface area contributed by atoms with E-state index in [1.807, 2.05) is 0 Å². The van der Waals surface area contributed by atoms with Crippen LogP contribution in [0.4, 0.5) is 18.8 Å². The van der Waals surface area contributed by atoms with E-state index in [1.165, 1.54) is 0 Å². The van der Waals surface area contributed by atoms with E-state index >= 15 is 0 Å². The number of halogens is 4. The Labute approximate surface area is 30.0 Å². The summed E-state index contributed by atoms with van der Waals surface area (Å²) in [4.78, 5) is 0. The average Bonchev–Trinajstić information content (AvgIpc) is 0. The quantitative estimate of drug-likeness (QED) is 0.328. The minimum atomic E-state index is 0. The second-order valence-corrected chi connectivity index (χ2v) is 0. The van der Waals surface area contributed by atoms with Crippen molar-refractivity contribution < 1.29 is 18.8 Å². The van der Waals surface area contributed by atoms with Crippen LogP contribution in [-0.4, -0.2) is 0 Å². The molecule has 0 fully saturated rings. The fourth-order valence-electron chi connectivity index (χ4n) is 0. The molecular weight excluding hydrogens is 107 g/mol. The molecular formula is H4F4P. The first-order valence-electron chi connectivity index (χ1n) is 0. The van der Waals surface area contributed by atoms with Gasteiger partial charge in [-0.15, -0.1) is 0 Å². The highest BCUT2D eigenvalue weighted by Crippen LogP contribution is 0.861. The standard InChI is InChI=1S/4FH.P/h4*1H;. The maximum Gasteiger partial charge on any atom is 0 e. The van der Waals surface area contributed by atoms with E-state index in [1.54, 1.807) is 0 Å². The summed E-state index contributed by atoms with van der Waals surface area (Å²) in [5.74, 6) is 0. The summed E-state index contributed by atoms with van der Waals surface area (Å²) in [6, 6.07) is 0. The van der Waals surface area contributed by atoms with Crippen molar-refractivity contribution in [1.82, 2.24) is 0 Å². The Morgan fingerprint density at radius 3 is 0.400 bits per heavy atom. The van der Waals surface area contributed by atoms with Gasteiger partial charge in [-0.2, -0.15) is 0 Å². The van der Waals surface area contributed by atoms with Gasteiger partial charge in [-0.05, 0) is 0 Å². The molecule has 0 N–H and O–H groups in total. The molecule has 0 spiro atoms. The third-order valence-corrected chi connectivity index (χ3v) is 0. The first kappa shape index (κ1) is 3940. The van der Waals surface area contributed by atoms with Gasteiger partial charge in [-0.1, -0.05) is 0 Å². The fourth-order valence-corrected chi connectivity index (χ4v) is 0. The Hall–Kier alpha value is 0.150. The zero-order chi connectivity index (χ0) is 0. The Morgan fingerprint density at radius 1 is 0.400 bits per heavy atom. The van der Waals surface area contributed by atoms with E-state index < -0.39 is 0 Å². The van der Waals surface area contributed by atoms with E-state index in [0.717, 1.165) is 0 Å². The van der Waals surface area contributed by atoms with Crippen LogP contribution in [0, 0.1) is 0 Å². The summed E-state index contributed by atoms with van der Waals surface area (Å²) in [6.45, 7) is 0. The second kappa shape index (κ2) is 1830. The highest BCUT2D eigenvalue weighted by Gasteiger charge is 0.0000151. The highest BCUT2D eigenvalue weighted by molar-refractivity contribution is 6.92. The Bertz CT molecular complexity index is 3.61. The van der Waals surface area contributed by atoms with E-state index in [-0.39, 0.29) is 28.7 Å². The van der Waals surface area contributed by atoms with E-state index in [2.05, 4.69) is 0 Å². The summed E-state index contributed by atoms with van der Waals surface area (Å²) in [6.07, 6.45) is 0. The van der Waals surface area contributed by atoms with Crippen LogP contribution in [0.25, 0.3) is 0 Å². The zero-order valence-electron chi connectivity index (χ0n) is 2.08. The molecule has 3 radical (unpaired) electrons. The van der Waals surface area contributed by atoms with Gasteiger partial charge in [0.15, 0.2) is 0 Å². The Kier molecular flexibility index (Phi) is 1440000. The highest BCUT2D eigenvalue weighted by atomic mass is 31.0. The number of hydrogen-bond acceptors (Lipinski definition) is 0. The number of hydrogen-bond donors (Lipinski definition) is 0. The van der Waals surface area contributed by atoms with Gasteiger partial charge >= 0.3 is 0 Å². The summed E-state index contributed by atoms with van der Waals surface area (Å²) < 4.78 is 0. The minimum absolute atomic E-state index is 0.